The third kappa shape index (κ3) is 1.41. The minimum Gasteiger partial charge on any atom is -0.299 e. The number of aromatic amines is 1. The highest BCUT2D eigenvalue weighted by Crippen LogP contribution is 2.27. The highest BCUT2D eigenvalue weighted by atomic mass is 16.1. The first-order valence-corrected chi connectivity index (χ1v) is 5.54. The van der Waals surface area contributed by atoms with Crippen LogP contribution in [0.5, 0.6) is 0 Å². The molecule has 1 saturated carbocycles. The lowest BCUT2D eigenvalue weighted by Gasteiger charge is -2.09. The van der Waals surface area contributed by atoms with Gasteiger partial charge in [0.05, 0.1) is 6.04 Å². The van der Waals surface area contributed by atoms with Gasteiger partial charge < -0.3 is 0 Å². The van der Waals surface area contributed by atoms with Crippen molar-refractivity contribution >= 4 is 0 Å². The molecule has 0 saturated heterocycles. The molecule has 1 heterocycles. The van der Waals surface area contributed by atoms with E-state index in [1.807, 2.05) is 11.6 Å². The maximum atomic E-state index is 11.9. The fourth-order valence-corrected chi connectivity index (χ4v) is 2.35. The van der Waals surface area contributed by atoms with Crippen molar-refractivity contribution in [1.29, 1.82) is 0 Å². The summed E-state index contributed by atoms with van der Waals surface area (Å²) < 4.78 is 1.85. The van der Waals surface area contributed by atoms with E-state index in [9.17, 15) is 4.79 Å². The van der Waals surface area contributed by atoms with Crippen molar-refractivity contribution in [2.75, 3.05) is 0 Å². The van der Waals surface area contributed by atoms with E-state index >= 15 is 0 Å². The lowest BCUT2D eigenvalue weighted by molar-refractivity contribution is 0.451. The zero-order chi connectivity index (χ0) is 10.1. The number of aryl methyl sites for hydroxylation is 1. The van der Waals surface area contributed by atoms with Gasteiger partial charge in [-0.2, -0.15) is 0 Å². The Morgan fingerprint density at radius 1 is 1.43 bits per heavy atom. The number of nitrogens with one attached hydrogen (secondary N) is 1. The Labute approximate surface area is 84.1 Å². The average Bonchev–Trinajstić information content (AvgIpc) is 2.78. The van der Waals surface area contributed by atoms with Crippen molar-refractivity contribution in [3.63, 3.8) is 0 Å². The highest BCUT2D eigenvalue weighted by Gasteiger charge is 2.20. The van der Waals surface area contributed by atoms with Crippen LogP contribution < -0.4 is 5.56 Å². The van der Waals surface area contributed by atoms with Crippen LogP contribution in [0.1, 0.15) is 49.9 Å². The van der Waals surface area contributed by atoms with Gasteiger partial charge in [0.15, 0.2) is 0 Å². The largest absolute Gasteiger partial charge is 0.299 e. The Hall–Kier alpha value is -0.990. The molecule has 3 heteroatoms. The lowest BCUT2D eigenvalue weighted by atomic mass is 10.2. The zero-order valence-electron chi connectivity index (χ0n) is 8.97. The van der Waals surface area contributed by atoms with Crippen LogP contribution in [0.25, 0.3) is 0 Å². The van der Waals surface area contributed by atoms with Gasteiger partial charge in [-0.25, -0.2) is 4.68 Å². The van der Waals surface area contributed by atoms with E-state index in [1.54, 1.807) is 0 Å². The fourth-order valence-electron chi connectivity index (χ4n) is 2.35. The van der Waals surface area contributed by atoms with Crippen LogP contribution in [-0.4, -0.2) is 9.78 Å². The maximum Gasteiger partial charge on any atom is 0.269 e. The summed E-state index contributed by atoms with van der Waals surface area (Å²) in [7, 11) is 0. The van der Waals surface area contributed by atoms with Gasteiger partial charge in [-0.15, -0.1) is 0 Å². The number of H-pyrrole nitrogens is 1. The molecular weight excluding hydrogens is 176 g/mol. The third-order valence-electron chi connectivity index (χ3n) is 3.29. The van der Waals surface area contributed by atoms with Crippen molar-refractivity contribution in [3.8, 4) is 0 Å². The second-order valence-corrected chi connectivity index (χ2v) is 4.18. The molecule has 0 amide bonds. The molecule has 0 radical (unpaired) electrons. The van der Waals surface area contributed by atoms with Crippen LogP contribution in [0.2, 0.25) is 0 Å². The first kappa shape index (κ1) is 9.56. The molecule has 14 heavy (non-hydrogen) atoms. The summed E-state index contributed by atoms with van der Waals surface area (Å²) in [6, 6.07) is 0.432. The molecule has 1 aromatic heterocycles. The quantitative estimate of drug-likeness (QED) is 0.769. The summed E-state index contributed by atoms with van der Waals surface area (Å²) >= 11 is 0. The van der Waals surface area contributed by atoms with Gasteiger partial charge in [-0.1, -0.05) is 19.8 Å². The van der Waals surface area contributed by atoms with Gasteiger partial charge in [0, 0.05) is 11.3 Å². The number of hydrogen-bond donors (Lipinski definition) is 1. The predicted molar refractivity (Wildman–Crippen MR) is 56.7 cm³/mol. The Morgan fingerprint density at radius 3 is 2.57 bits per heavy atom. The monoisotopic (exact) mass is 194 g/mol. The van der Waals surface area contributed by atoms with Crippen LogP contribution in [-0.2, 0) is 6.42 Å². The Kier molecular flexibility index (Phi) is 2.48. The van der Waals surface area contributed by atoms with Crippen molar-refractivity contribution in [1.82, 2.24) is 9.78 Å². The molecule has 78 valence electrons. The summed E-state index contributed by atoms with van der Waals surface area (Å²) in [4.78, 5) is 11.9. The number of rotatable bonds is 2. The van der Waals surface area contributed by atoms with Crippen LogP contribution in [0.3, 0.4) is 0 Å². The second kappa shape index (κ2) is 3.64. The molecular formula is C11H18N2O. The standard InChI is InChI=1S/C11H18N2O/c1-3-10-8(2)11(14)13(12-10)9-6-4-5-7-9/h9,12H,3-7H2,1-2H3. The van der Waals surface area contributed by atoms with Crippen LogP contribution in [0.4, 0.5) is 0 Å². The minimum absolute atomic E-state index is 0.189. The molecule has 1 aliphatic carbocycles. The van der Waals surface area contributed by atoms with Crippen molar-refractivity contribution in [3.05, 3.63) is 21.6 Å². The number of nitrogens with zero attached hydrogens (tertiary/aromatic N) is 1. The molecule has 1 N–H and O–H groups in total. The average molecular weight is 194 g/mol. The molecule has 0 unspecified atom stereocenters. The Morgan fingerprint density at radius 2 is 2.07 bits per heavy atom. The van der Waals surface area contributed by atoms with Gasteiger partial charge in [0.25, 0.3) is 5.56 Å². The van der Waals surface area contributed by atoms with E-state index < -0.39 is 0 Å². The topological polar surface area (TPSA) is 37.8 Å². The maximum absolute atomic E-state index is 11.9. The summed E-state index contributed by atoms with van der Waals surface area (Å²) in [6.45, 7) is 4.00. The minimum atomic E-state index is 0.189. The third-order valence-corrected chi connectivity index (χ3v) is 3.29. The van der Waals surface area contributed by atoms with E-state index in [1.165, 1.54) is 12.8 Å². The van der Waals surface area contributed by atoms with Crippen LogP contribution >= 0.6 is 0 Å². The molecule has 0 aromatic carbocycles. The summed E-state index contributed by atoms with van der Waals surface area (Å²) in [6.07, 6.45) is 5.75. The molecule has 0 spiro atoms. The van der Waals surface area contributed by atoms with E-state index in [-0.39, 0.29) is 5.56 Å². The fraction of sp³-hybridized carbons (Fsp3) is 0.727. The van der Waals surface area contributed by atoms with Gasteiger partial charge in [0.2, 0.25) is 0 Å². The normalized spacial score (nSPS) is 17.9. The van der Waals surface area contributed by atoms with Crippen molar-refractivity contribution in [2.45, 2.75) is 52.0 Å². The molecule has 3 nitrogen and oxygen atoms in total. The van der Waals surface area contributed by atoms with E-state index in [2.05, 4.69) is 12.0 Å². The van der Waals surface area contributed by atoms with E-state index in [0.29, 0.717) is 6.04 Å². The highest BCUT2D eigenvalue weighted by molar-refractivity contribution is 5.15. The van der Waals surface area contributed by atoms with Crippen LogP contribution in [0.15, 0.2) is 4.79 Å². The summed E-state index contributed by atoms with van der Waals surface area (Å²) in [5.74, 6) is 0. The first-order valence-electron chi connectivity index (χ1n) is 5.54. The predicted octanol–water partition coefficient (Wildman–Crippen LogP) is 2.16. The summed E-state index contributed by atoms with van der Waals surface area (Å²) in [5.41, 5.74) is 2.19. The lowest BCUT2D eigenvalue weighted by Crippen LogP contribution is -2.21. The Bertz CT molecular complexity index is 369. The Balaban J connectivity index is 2.38. The van der Waals surface area contributed by atoms with E-state index in [0.717, 1.165) is 30.5 Å². The van der Waals surface area contributed by atoms with Gasteiger partial charge in [-0.05, 0) is 26.2 Å². The molecule has 1 fully saturated rings. The smallest absolute Gasteiger partial charge is 0.269 e. The molecule has 0 bridgehead atoms. The molecule has 2 rings (SSSR count). The SMILES string of the molecule is CCc1[nH]n(C2CCCC2)c(=O)c1C. The van der Waals surface area contributed by atoms with Crippen molar-refractivity contribution < 1.29 is 0 Å². The van der Waals surface area contributed by atoms with Crippen LogP contribution in [0, 0.1) is 6.92 Å². The molecule has 0 aliphatic heterocycles. The van der Waals surface area contributed by atoms with Gasteiger partial charge in [-0.3, -0.25) is 9.89 Å². The number of hydrogen-bond acceptors (Lipinski definition) is 1. The second-order valence-electron chi connectivity index (χ2n) is 4.18. The molecule has 1 aromatic rings. The zero-order valence-corrected chi connectivity index (χ0v) is 8.97. The first-order chi connectivity index (χ1) is 6.74. The summed E-state index contributed by atoms with van der Waals surface area (Å²) in [5, 5.41) is 3.25. The molecule has 1 aliphatic rings. The van der Waals surface area contributed by atoms with Crippen molar-refractivity contribution in [2.24, 2.45) is 0 Å². The molecule has 0 atom stereocenters. The van der Waals surface area contributed by atoms with E-state index in [4.69, 9.17) is 0 Å². The number of aromatic nitrogens is 2. The van der Waals surface area contributed by atoms with Gasteiger partial charge in [0.1, 0.15) is 0 Å². The van der Waals surface area contributed by atoms with Gasteiger partial charge >= 0.3 is 0 Å².